The van der Waals surface area contributed by atoms with Crippen LogP contribution in [0.5, 0.6) is 0 Å². The number of nitrogens with one attached hydrogen (secondary N) is 1. The molecule has 0 amide bonds. The summed E-state index contributed by atoms with van der Waals surface area (Å²) < 4.78 is 0. The minimum absolute atomic E-state index is 0.888. The number of thioether (sulfide) groups is 1. The predicted molar refractivity (Wildman–Crippen MR) is 84.4 cm³/mol. The number of aryl methyl sites for hydroxylation is 1. The number of rotatable bonds is 5. The minimum atomic E-state index is 0.888. The Balaban J connectivity index is 0.00000137. The van der Waals surface area contributed by atoms with Crippen LogP contribution in [0.1, 0.15) is 31.9 Å². The lowest BCUT2D eigenvalue weighted by Crippen LogP contribution is -2.09. The molecule has 0 aromatic heterocycles. The number of hydrogen-bond acceptors (Lipinski definition) is 3. The van der Waals surface area contributed by atoms with Crippen molar-refractivity contribution in [1.82, 2.24) is 5.32 Å². The van der Waals surface area contributed by atoms with E-state index in [0.29, 0.717) is 0 Å². The van der Waals surface area contributed by atoms with E-state index in [9.17, 15) is 0 Å². The van der Waals surface area contributed by atoms with Gasteiger partial charge in [-0.2, -0.15) is 0 Å². The zero-order chi connectivity index (χ0) is 14.0. The van der Waals surface area contributed by atoms with Crippen LogP contribution in [-0.2, 0) is 0 Å². The lowest BCUT2D eigenvalue weighted by molar-refractivity contribution is 0.901. The SMILES string of the molecule is C=N/C=C(\NCC)Sc1cccc(C)c1C.CC. The van der Waals surface area contributed by atoms with Gasteiger partial charge in [-0.15, -0.1) is 0 Å². The molecule has 1 rings (SSSR count). The maximum absolute atomic E-state index is 3.81. The maximum atomic E-state index is 3.81. The molecule has 0 heterocycles. The van der Waals surface area contributed by atoms with Crippen LogP contribution in [0.15, 0.2) is 39.3 Å². The molecule has 0 unspecified atom stereocenters. The van der Waals surface area contributed by atoms with Crippen molar-refractivity contribution in [2.45, 2.75) is 39.5 Å². The third-order valence-electron chi connectivity index (χ3n) is 2.33. The Labute approximate surface area is 116 Å². The molecular weight excluding hydrogens is 240 g/mol. The van der Waals surface area contributed by atoms with E-state index < -0.39 is 0 Å². The van der Waals surface area contributed by atoms with Gasteiger partial charge >= 0.3 is 0 Å². The van der Waals surface area contributed by atoms with Gasteiger partial charge in [0.1, 0.15) is 0 Å². The highest BCUT2D eigenvalue weighted by Crippen LogP contribution is 2.29. The molecule has 1 aromatic rings. The quantitative estimate of drug-likeness (QED) is 0.624. The van der Waals surface area contributed by atoms with Crippen molar-refractivity contribution in [3.8, 4) is 0 Å². The average molecular weight is 264 g/mol. The molecule has 0 bridgehead atoms. The van der Waals surface area contributed by atoms with Crippen LogP contribution in [0.3, 0.4) is 0 Å². The molecule has 0 saturated carbocycles. The lowest BCUT2D eigenvalue weighted by Gasteiger charge is -2.11. The summed E-state index contributed by atoms with van der Waals surface area (Å²) in [5.74, 6) is 0. The van der Waals surface area contributed by atoms with Gasteiger partial charge in [0.2, 0.25) is 0 Å². The molecule has 0 atom stereocenters. The van der Waals surface area contributed by atoms with Gasteiger partial charge in [0.15, 0.2) is 0 Å². The van der Waals surface area contributed by atoms with Gasteiger partial charge in [0, 0.05) is 11.4 Å². The fraction of sp³-hybridized carbons (Fsp3) is 0.400. The Bertz CT molecular complexity index is 397. The summed E-state index contributed by atoms with van der Waals surface area (Å²) in [6, 6.07) is 6.33. The molecular formula is C15H24N2S. The van der Waals surface area contributed by atoms with Crippen LogP contribution in [-0.4, -0.2) is 13.3 Å². The Hall–Kier alpha value is -1.22. The zero-order valence-electron chi connectivity index (χ0n) is 12.1. The molecule has 0 aliphatic heterocycles. The highest BCUT2D eigenvalue weighted by Gasteiger charge is 2.04. The van der Waals surface area contributed by atoms with Crippen molar-refractivity contribution in [2.24, 2.45) is 4.99 Å². The fourth-order valence-electron chi connectivity index (χ4n) is 1.32. The van der Waals surface area contributed by atoms with Crippen LogP contribution in [0.2, 0.25) is 0 Å². The van der Waals surface area contributed by atoms with Crippen molar-refractivity contribution >= 4 is 18.5 Å². The molecule has 0 aliphatic carbocycles. The van der Waals surface area contributed by atoms with E-state index in [0.717, 1.165) is 11.6 Å². The van der Waals surface area contributed by atoms with Gasteiger partial charge in [-0.3, -0.25) is 4.99 Å². The van der Waals surface area contributed by atoms with Crippen molar-refractivity contribution < 1.29 is 0 Å². The molecule has 1 N–H and O–H groups in total. The highest BCUT2D eigenvalue weighted by atomic mass is 32.2. The normalized spacial score (nSPS) is 10.4. The molecule has 2 nitrogen and oxygen atoms in total. The molecule has 0 aliphatic rings. The summed E-state index contributed by atoms with van der Waals surface area (Å²) in [4.78, 5) is 5.07. The van der Waals surface area contributed by atoms with E-state index >= 15 is 0 Å². The van der Waals surface area contributed by atoms with Crippen molar-refractivity contribution in [3.63, 3.8) is 0 Å². The largest absolute Gasteiger partial charge is 0.379 e. The van der Waals surface area contributed by atoms with Gasteiger partial charge in [-0.05, 0) is 44.7 Å². The molecule has 100 valence electrons. The summed E-state index contributed by atoms with van der Waals surface area (Å²) in [7, 11) is 0. The lowest BCUT2D eigenvalue weighted by atomic mass is 10.1. The van der Waals surface area contributed by atoms with Gasteiger partial charge in [0.25, 0.3) is 0 Å². The third-order valence-corrected chi connectivity index (χ3v) is 3.47. The molecule has 0 fully saturated rings. The van der Waals surface area contributed by atoms with Gasteiger partial charge in [-0.25, -0.2) is 0 Å². The Morgan fingerprint density at radius 1 is 1.39 bits per heavy atom. The predicted octanol–water partition coefficient (Wildman–Crippen LogP) is 4.53. The second-order valence-electron chi connectivity index (χ2n) is 3.51. The standard InChI is InChI=1S/C13H18N2S.C2H6/c1-5-15-13(9-14-4)16-12-8-6-7-10(2)11(12)3;1-2/h6-9,15H,4-5H2,1-3H3;1-2H3/b13-9+;. The second kappa shape index (κ2) is 9.77. The van der Waals surface area contributed by atoms with Crippen molar-refractivity contribution in [2.75, 3.05) is 6.54 Å². The van der Waals surface area contributed by atoms with Crippen molar-refractivity contribution in [1.29, 1.82) is 0 Å². The summed E-state index contributed by atoms with van der Waals surface area (Å²) in [6.07, 6.45) is 1.76. The van der Waals surface area contributed by atoms with E-state index in [4.69, 9.17) is 0 Å². The third kappa shape index (κ3) is 5.41. The monoisotopic (exact) mass is 264 g/mol. The molecule has 0 saturated heterocycles. The molecule has 0 spiro atoms. The van der Waals surface area contributed by atoms with Crippen LogP contribution in [0.25, 0.3) is 0 Å². The van der Waals surface area contributed by atoms with Crippen LogP contribution >= 0.6 is 11.8 Å². The van der Waals surface area contributed by atoms with Gasteiger partial charge in [0.05, 0.1) is 11.2 Å². The van der Waals surface area contributed by atoms with E-state index in [1.54, 1.807) is 18.0 Å². The maximum Gasteiger partial charge on any atom is 0.0915 e. The number of hydrogen-bond donors (Lipinski definition) is 1. The highest BCUT2D eigenvalue weighted by molar-refractivity contribution is 8.03. The topological polar surface area (TPSA) is 24.4 Å². The first-order valence-corrected chi connectivity index (χ1v) is 7.14. The summed E-state index contributed by atoms with van der Waals surface area (Å²) >= 11 is 1.69. The molecule has 1 aromatic carbocycles. The first-order chi connectivity index (χ1) is 8.69. The van der Waals surface area contributed by atoms with E-state index in [1.165, 1.54) is 16.0 Å². The number of nitrogens with zero attached hydrogens (tertiary/aromatic N) is 1. The van der Waals surface area contributed by atoms with Gasteiger partial charge < -0.3 is 5.32 Å². The van der Waals surface area contributed by atoms with Crippen LogP contribution < -0.4 is 5.32 Å². The van der Waals surface area contributed by atoms with Crippen LogP contribution in [0.4, 0.5) is 0 Å². The first kappa shape index (κ1) is 16.8. The van der Waals surface area contributed by atoms with E-state index in [1.807, 2.05) is 13.8 Å². The van der Waals surface area contributed by atoms with Crippen molar-refractivity contribution in [3.05, 3.63) is 40.6 Å². The summed E-state index contributed by atoms with van der Waals surface area (Å²) in [5.41, 5.74) is 2.63. The van der Waals surface area contributed by atoms with E-state index in [-0.39, 0.29) is 0 Å². The smallest absolute Gasteiger partial charge is 0.0915 e. The van der Waals surface area contributed by atoms with Gasteiger partial charge in [-0.1, -0.05) is 37.7 Å². The summed E-state index contributed by atoms with van der Waals surface area (Å²) in [5, 5.41) is 4.30. The van der Waals surface area contributed by atoms with E-state index in [2.05, 4.69) is 56.0 Å². The summed E-state index contributed by atoms with van der Waals surface area (Å²) in [6.45, 7) is 14.7. The zero-order valence-corrected chi connectivity index (χ0v) is 12.9. The Kier molecular flexibility index (Phi) is 9.11. The molecule has 3 heteroatoms. The fourth-order valence-corrected chi connectivity index (χ4v) is 2.36. The van der Waals surface area contributed by atoms with Crippen LogP contribution in [0, 0.1) is 13.8 Å². The minimum Gasteiger partial charge on any atom is -0.379 e. The first-order valence-electron chi connectivity index (χ1n) is 6.33. The molecule has 18 heavy (non-hydrogen) atoms. The number of aliphatic imine (C=N–C) groups is 1. The second-order valence-corrected chi connectivity index (χ2v) is 4.59. The number of benzene rings is 1. The molecule has 0 radical (unpaired) electrons. The Morgan fingerprint density at radius 3 is 2.61 bits per heavy atom. The average Bonchev–Trinajstić information content (AvgIpc) is 2.38. The Morgan fingerprint density at radius 2 is 2.06 bits per heavy atom.